The van der Waals surface area contributed by atoms with Gasteiger partial charge < -0.3 is 11.1 Å². The molecule has 24 heavy (non-hydrogen) atoms. The highest BCUT2D eigenvalue weighted by molar-refractivity contribution is 6.33. The van der Waals surface area contributed by atoms with E-state index in [2.05, 4.69) is 20.4 Å². The number of anilines is 1. The SMILES string of the molecule is Nc1ccc(-c2nccc(-c3cc4n(n3)CCNC4=O)n2)c(Cl)c1. The van der Waals surface area contributed by atoms with Gasteiger partial charge in [0.2, 0.25) is 0 Å². The molecule has 0 bridgehead atoms. The van der Waals surface area contributed by atoms with E-state index in [-0.39, 0.29) is 5.91 Å². The molecular weight excluding hydrogens is 328 g/mol. The van der Waals surface area contributed by atoms with Crippen LogP contribution in [0.15, 0.2) is 36.5 Å². The normalized spacial score (nSPS) is 13.5. The fourth-order valence-electron chi connectivity index (χ4n) is 2.60. The highest BCUT2D eigenvalue weighted by atomic mass is 35.5. The Balaban J connectivity index is 1.77. The summed E-state index contributed by atoms with van der Waals surface area (Å²) < 4.78 is 1.69. The number of nitrogen functional groups attached to an aromatic ring is 1. The van der Waals surface area contributed by atoms with Gasteiger partial charge in [-0.2, -0.15) is 5.10 Å². The minimum atomic E-state index is -0.129. The van der Waals surface area contributed by atoms with Crippen LogP contribution in [0.1, 0.15) is 10.5 Å². The van der Waals surface area contributed by atoms with Crippen LogP contribution in [-0.2, 0) is 6.54 Å². The van der Waals surface area contributed by atoms with Crippen molar-refractivity contribution < 1.29 is 4.79 Å². The molecule has 0 fully saturated rings. The summed E-state index contributed by atoms with van der Waals surface area (Å²) in [5.41, 5.74) is 8.76. The molecule has 120 valence electrons. The van der Waals surface area contributed by atoms with E-state index >= 15 is 0 Å². The van der Waals surface area contributed by atoms with Crippen molar-refractivity contribution >= 4 is 23.2 Å². The molecule has 0 spiro atoms. The number of carbonyl (C=O) groups excluding carboxylic acids is 1. The lowest BCUT2D eigenvalue weighted by Gasteiger charge is -2.13. The van der Waals surface area contributed by atoms with Crippen molar-refractivity contribution in [3.63, 3.8) is 0 Å². The number of carbonyl (C=O) groups is 1. The van der Waals surface area contributed by atoms with Crippen LogP contribution in [0.4, 0.5) is 5.69 Å². The minimum Gasteiger partial charge on any atom is -0.399 e. The first-order valence-corrected chi connectivity index (χ1v) is 7.74. The van der Waals surface area contributed by atoms with Crippen LogP contribution in [-0.4, -0.2) is 32.2 Å². The molecule has 1 aliphatic heterocycles. The van der Waals surface area contributed by atoms with Crippen LogP contribution >= 0.6 is 11.6 Å². The van der Waals surface area contributed by atoms with E-state index in [4.69, 9.17) is 17.3 Å². The largest absolute Gasteiger partial charge is 0.399 e. The van der Waals surface area contributed by atoms with Gasteiger partial charge in [-0.25, -0.2) is 9.97 Å². The Hall–Kier alpha value is -2.93. The Labute approximate surface area is 142 Å². The third kappa shape index (κ3) is 2.48. The van der Waals surface area contributed by atoms with Gasteiger partial charge in [0.25, 0.3) is 5.91 Å². The van der Waals surface area contributed by atoms with Gasteiger partial charge in [-0.15, -0.1) is 0 Å². The van der Waals surface area contributed by atoms with Gasteiger partial charge in [-0.3, -0.25) is 9.48 Å². The average Bonchev–Trinajstić information content (AvgIpc) is 3.01. The maximum absolute atomic E-state index is 11.9. The molecule has 1 amide bonds. The quantitative estimate of drug-likeness (QED) is 0.695. The molecule has 0 atom stereocenters. The number of rotatable bonds is 2. The van der Waals surface area contributed by atoms with E-state index in [1.54, 1.807) is 41.2 Å². The van der Waals surface area contributed by atoms with Crippen molar-refractivity contribution in [1.82, 2.24) is 25.1 Å². The van der Waals surface area contributed by atoms with E-state index in [0.717, 1.165) is 0 Å². The molecule has 0 unspecified atom stereocenters. The number of benzene rings is 1. The summed E-state index contributed by atoms with van der Waals surface area (Å²) in [7, 11) is 0. The predicted molar refractivity (Wildman–Crippen MR) is 90.4 cm³/mol. The van der Waals surface area contributed by atoms with Crippen molar-refractivity contribution in [3.05, 3.63) is 47.2 Å². The predicted octanol–water partition coefficient (Wildman–Crippen LogP) is 1.99. The summed E-state index contributed by atoms with van der Waals surface area (Å²) in [6.45, 7) is 1.21. The summed E-state index contributed by atoms with van der Waals surface area (Å²) in [6, 6.07) is 8.66. The maximum Gasteiger partial charge on any atom is 0.269 e. The van der Waals surface area contributed by atoms with Gasteiger partial charge in [-0.05, 0) is 30.3 Å². The third-order valence-electron chi connectivity index (χ3n) is 3.77. The number of halogens is 1. The summed E-state index contributed by atoms with van der Waals surface area (Å²) in [5.74, 6) is 0.351. The second-order valence-corrected chi connectivity index (χ2v) is 5.81. The zero-order valence-corrected chi connectivity index (χ0v) is 13.3. The van der Waals surface area contributed by atoms with Crippen LogP contribution in [0.5, 0.6) is 0 Å². The Morgan fingerprint density at radius 1 is 1.21 bits per heavy atom. The molecular formula is C16H13ClN6O. The highest BCUT2D eigenvalue weighted by Gasteiger charge is 2.20. The van der Waals surface area contributed by atoms with Crippen LogP contribution in [0.25, 0.3) is 22.8 Å². The molecule has 1 aromatic carbocycles. The summed E-state index contributed by atoms with van der Waals surface area (Å²) in [4.78, 5) is 20.7. The summed E-state index contributed by atoms with van der Waals surface area (Å²) in [5, 5.41) is 7.73. The lowest BCUT2D eigenvalue weighted by Crippen LogP contribution is -2.35. The molecule has 4 rings (SSSR count). The number of nitrogens with one attached hydrogen (secondary N) is 1. The van der Waals surface area contributed by atoms with Crippen LogP contribution < -0.4 is 11.1 Å². The summed E-state index contributed by atoms with van der Waals surface area (Å²) in [6.07, 6.45) is 1.64. The summed E-state index contributed by atoms with van der Waals surface area (Å²) >= 11 is 6.23. The van der Waals surface area contributed by atoms with Crippen LogP contribution in [0, 0.1) is 0 Å². The maximum atomic E-state index is 11.9. The van der Waals surface area contributed by atoms with Crippen LogP contribution in [0.2, 0.25) is 5.02 Å². The lowest BCUT2D eigenvalue weighted by atomic mass is 10.2. The number of fused-ring (bicyclic) bond motifs is 1. The number of nitrogens with two attached hydrogens (primary N) is 1. The van der Waals surface area contributed by atoms with E-state index in [1.807, 2.05) is 0 Å². The van der Waals surface area contributed by atoms with E-state index in [9.17, 15) is 4.79 Å². The molecule has 7 nitrogen and oxygen atoms in total. The first-order valence-electron chi connectivity index (χ1n) is 7.37. The van der Waals surface area contributed by atoms with Crippen molar-refractivity contribution in [2.24, 2.45) is 0 Å². The fourth-order valence-corrected chi connectivity index (χ4v) is 2.88. The van der Waals surface area contributed by atoms with Crippen molar-refractivity contribution in [1.29, 1.82) is 0 Å². The average molecular weight is 341 g/mol. The van der Waals surface area contributed by atoms with Gasteiger partial charge >= 0.3 is 0 Å². The van der Waals surface area contributed by atoms with Gasteiger partial charge in [0.15, 0.2) is 5.82 Å². The van der Waals surface area contributed by atoms with Crippen LogP contribution in [0.3, 0.4) is 0 Å². The fraction of sp³-hybridized carbons (Fsp3) is 0.125. The molecule has 8 heteroatoms. The Kier molecular flexibility index (Phi) is 3.42. The topological polar surface area (TPSA) is 98.7 Å². The smallest absolute Gasteiger partial charge is 0.269 e. The molecule has 3 heterocycles. The molecule has 0 saturated carbocycles. The minimum absolute atomic E-state index is 0.129. The van der Waals surface area contributed by atoms with E-state index < -0.39 is 0 Å². The monoisotopic (exact) mass is 340 g/mol. The molecule has 0 saturated heterocycles. The first kappa shape index (κ1) is 14.6. The molecule has 0 aliphatic carbocycles. The molecule has 2 aromatic heterocycles. The van der Waals surface area contributed by atoms with Gasteiger partial charge in [-0.1, -0.05) is 11.6 Å². The first-order chi connectivity index (χ1) is 11.6. The lowest BCUT2D eigenvalue weighted by molar-refractivity contribution is 0.0924. The number of aromatic nitrogens is 4. The Morgan fingerprint density at radius 3 is 2.88 bits per heavy atom. The van der Waals surface area contributed by atoms with E-state index in [0.29, 0.717) is 52.3 Å². The second-order valence-electron chi connectivity index (χ2n) is 5.40. The molecule has 3 N–H and O–H groups in total. The van der Waals surface area contributed by atoms with Crippen molar-refractivity contribution in [3.8, 4) is 22.8 Å². The highest BCUT2D eigenvalue weighted by Crippen LogP contribution is 2.28. The molecule has 3 aromatic rings. The Morgan fingerprint density at radius 2 is 2.08 bits per heavy atom. The van der Waals surface area contributed by atoms with E-state index in [1.165, 1.54) is 0 Å². The third-order valence-corrected chi connectivity index (χ3v) is 4.09. The Bertz CT molecular complexity index is 951. The standard InChI is InChI=1S/C16H13ClN6O/c17-11-7-9(18)1-2-10(11)15-19-4-3-12(21-15)13-8-14-16(24)20-5-6-23(14)22-13/h1-4,7-8H,5-6,18H2,(H,20,24). The molecule has 1 aliphatic rings. The molecule has 0 radical (unpaired) electrons. The zero-order chi connectivity index (χ0) is 16.7. The zero-order valence-electron chi connectivity index (χ0n) is 12.5. The van der Waals surface area contributed by atoms with Gasteiger partial charge in [0.05, 0.1) is 17.3 Å². The van der Waals surface area contributed by atoms with Gasteiger partial charge in [0, 0.05) is 24.0 Å². The number of nitrogens with zero attached hydrogens (tertiary/aromatic N) is 4. The number of hydrogen-bond acceptors (Lipinski definition) is 5. The number of amides is 1. The van der Waals surface area contributed by atoms with Crippen molar-refractivity contribution in [2.45, 2.75) is 6.54 Å². The number of hydrogen-bond donors (Lipinski definition) is 2. The second kappa shape index (κ2) is 5.61. The van der Waals surface area contributed by atoms with Crippen molar-refractivity contribution in [2.75, 3.05) is 12.3 Å². The van der Waals surface area contributed by atoms with Gasteiger partial charge in [0.1, 0.15) is 11.4 Å².